The van der Waals surface area contributed by atoms with Crippen LogP contribution < -0.4 is 0 Å². The molecule has 1 saturated heterocycles. The van der Waals surface area contributed by atoms with E-state index in [2.05, 4.69) is 4.98 Å². The van der Waals surface area contributed by atoms with E-state index in [1.165, 1.54) is 14.8 Å². The maximum absolute atomic E-state index is 12.9. The minimum Gasteiger partial charge on any atom is -0.337 e. The summed E-state index contributed by atoms with van der Waals surface area (Å²) >= 11 is 0. The van der Waals surface area contributed by atoms with Crippen molar-refractivity contribution in [3.8, 4) is 0 Å². The highest BCUT2D eigenvalue weighted by atomic mass is 32.2. The summed E-state index contributed by atoms with van der Waals surface area (Å²) < 4.78 is 55.8. The molecule has 0 aliphatic carbocycles. The van der Waals surface area contributed by atoms with Gasteiger partial charge in [-0.3, -0.25) is 0 Å². The summed E-state index contributed by atoms with van der Waals surface area (Å²) in [5.41, 5.74) is 0.979. The molecule has 1 aromatic carbocycles. The van der Waals surface area contributed by atoms with Gasteiger partial charge in [0.25, 0.3) is 10.0 Å². The molecule has 2 heterocycles. The van der Waals surface area contributed by atoms with Crippen LogP contribution in [0.5, 0.6) is 0 Å². The number of benzene rings is 1. The topological polar surface area (TPSA) is 92.6 Å². The van der Waals surface area contributed by atoms with Gasteiger partial charge in [0, 0.05) is 39.4 Å². The molecule has 0 amide bonds. The first-order valence-electron chi connectivity index (χ1n) is 8.69. The Morgan fingerprint density at radius 2 is 1.41 bits per heavy atom. The van der Waals surface area contributed by atoms with Crippen LogP contribution in [0.1, 0.15) is 17.8 Å². The van der Waals surface area contributed by atoms with Gasteiger partial charge in [-0.05, 0) is 32.4 Å². The Balaban J connectivity index is 1.80. The first-order chi connectivity index (χ1) is 12.6. The molecule has 0 unspecified atom stereocenters. The van der Waals surface area contributed by atoms with Gasteiger partial charge in [-0.15, -0.1) is 0 Å². The standard InChI is InChI=1S/C17H24N4O4S2/c1-14-5-7-16(8-6-14)26(22,23)20-9-4-10-21(12-11-20)27(24,25)17-13-19(3)15(2)18-17/h5-8,13H,4,9-12H2,1-3H3. The van der Waals surface area contributed by atoms with E-state index >= 15 is 0 Å². The largest absolute Gasteiger partial charge is 0.337 e. The van der Waals surface area contributed by atoms with Crippen molar-refractivity contribution in [3.63, 3.8) is 0 Å². The van der Waals surface area contributed by atoms with Crippen molar-refractivity contribution in [1.29, 1.82) is 0 Å². The molecule has 3 rings (SSSR count). The summed E-state index contributed by atoms with van der Waals surface area (Å²) in [7, 11) is -5.66. The van der Waals surface area contributed by atoms with Crippen LogP contribution in [-0.4, -0.2) is 61.2 Å². The molecule has 0 radical (unpaired) electrons. The van der Waals surface area contributed by atoms with E-state index in [9.17, 15) is 16.8 Å². The van der Waals surface area contributed by atoms with Crippen molar-refractivity contribution < 1.29 is 16.8 Å². The van der Waals surface area contributed by atoms with Crippen LogP contribution in [0.25, 0.3) is 0 Å². The van der Waals surface area contributed by atoms with Crippen LogP contribution in [0.3, 0.4) is 0 Å². The molecule has 148 valence electrons. The van der Waals surface area contributed by atoms with Gasteiger partial charge in [-0.2, -0.15) is 8.61 Å². The number of aromatic nitrogens is 2. The molecule has 0 N–H and O–H groups in total. The molecule has 1 aromatic heterocycles. The molecule has 8 nitrogen and oxygen atoms in total. The third-order valence-corrected chi connectivity index (χ3v) is 8.45. The molecule has 0 bridgehead atoms. The third-order valence-electron chi connectivity index (χ3n) is 4.76. The monoisotopic (exact) mass is 412 g/mol. The van der Waals surface area contributed by atoms with Gasteiger partial charge < -0.3 is 4.57 Å². The summed E-state index contributed by atoms with van der Waals surface area (Å²) in [4.78, 5) is 4.34. The second-order valence-corrected chi connectivity index (χ2v) is 10.5. The van der Waals surface area contributed by atoms with E-state index in [0.29, 0.717) is 12.2 Å². The Bertz CT molecular complexity index is 1010. The smallest absolute Gasteiger partial charge is 0.262 e. The summed E-state index contributed by atoms with van der Waals surface area (Å²) in [5, 5.41) is -0.00246. The lowest BCUT2D eigenvalue weighted by molar-refractivity contribution is 0.403. The van der Waals surface area contributed by atoms with E-state index in [-0.39, 0.29) is 36.1 Å². The predicted octanol–water partition coefficient (Wildman–Crippen LogP) is 1.12. The van der Waals surface area contributed by atoms with E-state index in [1.54, 1.807) is 42.8 Å². The number of rotatable bonds is 4. The molecule has 2 aromatic rings. The minimum atomic E-state index is -3.75. The van der Waals surface area contributed by atoms with Crippen molar-refractivity contribution in [2.24, 2.45) is 7.05 Å². The Morgan fingerprint density at radius 3 is 1.93 bits per heavy atom. The molecular weight excluding hydrogens is 388 g/mol. The van der Waals surface area contributed by atoms with Gasteiger partial charge in [-0.25, -0.2) is 21.8 Å². The second-order valence-electron chi connectivity index (χ2n) is 6.71. The molecule has 1 fully saturated rings. The van der Waals surface area contributed by atoms with Crippen LogP contribution in [-0.2, 0) is 27.1 Å². The fraction of sp³-hybridized carbons (Fsp3) is 0.471. The van der Waals surface area contributed by atoms with Crippen molar-refractivity contribution in [1.82, 2.24) is 18.2 Å². The third kappa shape index (κ3) is 3.93. The molecule has 0 atom stereocenters. The molecule has 1 aliphatic rings. The molecule has 0 spiro atoms. The Hall–Kier alpha value is -1.75. The first-order valence-corrected chi connectivity index (χ1v) is 11.6. The van der Waals surface area contributed by atoms with Gasteiger partial charge in [-0.1, -0.05) is 17.7 Å². The highest BCUT2D eigenvalue weighted by Gasteiger charge is 2.32. The zero-order valence-corrected chi connectivity index (χ0v) is 17.3. The number of nitrogens with zero attached hydrogens (tertiary/aromatic N) is 4. The molecule has 0 saturated carbocycles. The highest BCUT2D eigenvalue weighted by molar-refractivity contribution is 7.89. The van der Waals surface area contributed by atoms with Crippen molar-refractivity contribution >= 4 is 20.0 Å². The molecule has 27 heavy (non-hydrogen) atoms. The molecule has 1 aliphatic heterocycles. The Labute approximate surface area is 160 Å². The predicted molar refractivity (Wildman–Crippen MR) is 101 cm³/mol. The maximum atomic E-state index is 12.9. The number of hydrogen-bond acceptors (Lipinski definition) is 5. The van der Waals surface area contributed by atoms with Gasteiger partial charge in [0.1, 0.15) is 5.82 Å². The van der Waals surface area contributed by atoms with E-state index in [0.717, 1.165) is 5.56 Å². The molecular formula is C17H24N4O4S2. The summed E-state index contributed by atoms with van der Waals surface area (Å²) in [6.07, 6.45) is 1.91. The van der Waals surface area contributed by atoms with Crippen LogP contribution in [0.2, 0.25) is 0 Å². The lowest BCUT2D eigenvalue weighted by Crippen LogP contribution is -2.37. The van der Waals surface area contributed by atoms with E-state index in [4.69, 9.17) is 0 Å². The van der Waals surface area contributed by atoms with Crippen LogP contribution >= 0.6 is 0 Å². The van der Waals surface area contributed by atoms with Gasteiger partial charge in [0.15, 0.2) is 5.03 Å². The summed E-state index contributed by atoms with van der Waals surface area (Å²) in [6.45, 7) is 4.38. The zero-order valence-electron chi connectivity index (χ0n) is 15.7. The van der Waals surface area contributed by atoms with Gasteiger partial charge >= 0.3 is 0 Å². The summed E-state index contributed by atoms with van der Waals surface area (Å²) in [6, 6.07) is 6.68. The van der Waals surface area contributed by atoms with Crippen molar-refractivity contribution in [3.05, 3.63) is 41.9 Å². The quantitative estimate of drug-likeness (QED) is 0.750. The van der Waals surface area contributed by atoms with Gasteiger partial charge in [0.2, 0.25) is 10.0 Å². The Morgan fingerprint density at radius 1 is 0.852 bits per heavy atom. The number of sulfonamides is 2. The SMILES string of the molecule is Cc1ccc(S(=O)(=O)N2CCCN(S(=O)(=O)c3cn(C)c(C)n3)CC2)cc1. The van der Waals surface area contributed by atoms with Crippen LogP contribution in [0.4, 0.5) is 0 Å². The maximum Gasteiger partial charge on any atom is 0.262 e. The fourth-order valence-electron chi connectivity index (χ4n) is 2.99. The fourth-order valence-corrected chi connectivity index (χ4v) is 5.96. The van der Waals surface area contributed by atoms with E-state index in [1.807, 2.05) is 6.92 Å². The lowest BCUT2D eigenvalue weighted by atomic mass is 10.2. The van der Waals surface area contributed by atoms with Gasteiger partial charge in [0.05, 0.1) is 4.90 Å². The summed E-state index contributed by atoms with van der Waals surface area (Å²) in [5.74, 6) is 0.604. The zero-order chi connectivity index (χ0) is 19.8. The second kappa shape index (κ2) is 7.34. The van der Waals surface area contributed by atoms with Crippen LogP contribution in [0.15, 0.2) is 40.4 Å². The van der Waals surface area contributed by atoms with E-state index < -0.39 is 20.0 Å². The van der Waals surface area contributed by atoms with Crippen molar-refractivity contribution in [2.75, 3.05) is 26.2 Å². The highest BCUT2D eigenvalue weighted by Crippen LogP contribution is 2.21. The average molecular weight is 413 g/mol. The Kier molecular flexibility index (Phi) is 5.44. The first kappa shape index (κ1) is 20.0. The minimum absolute atomic E-state index is 0.00246. The number of imidazole rings is 1. The lowest BCUT2D eigenvalue weighted by Gasteiger charge is -2.21. The van der Waals surface area contributed by atoms with Crippen molar-refractivity contribution in [2.45, 2.75) is 30.2 Å². The number of aryl methyl sites for hydroxylation is 3. The normalized spacial score (nSPS) is 17.7. The number of hydrogen-bond donors (Lipinski definition) is 0. The average Bonchev–Trinajstić information content (AvgIpc) is 2.83. The molecule has 10 heteroatoms. The van der Waals surface area contributed by atoms with Crippen LogP contribution in [0, 0.1) is 13.8 Å².